The second-order valence-electron chi connectivity index (χ2n) is 3.27. The lowest BCUT2D eigenvalue weighted by Gasteiger charge is -2.05. The minimum absolute atomic E-state index is 0.0130. The Bertz CT molecular complexity index is 359. The Morgan fingerprint density at radius 3 is 3.06 bits per heavy atom. The summed E-state index contributed by atoms with van der Waals surface area (Å²) in [5.74, 6) is 0.473. The van der Waals surface area contributed by atoms with E-state index in [9.17, 15) is 10.1 Å². The number of aromatic nitrogens is 1. The van der Waals surface area contributed by atoms with Crippen LogP contribution in [-0.2, 0) is 4.74 Å². The number of rotatable bonds is 8. The smallest absolute Gasteiger partial charge is 0.274 e. The average Bonchev–Trinajstić information content (AvgIpc) is 2.34. The molecule has 0 radical (unpaired) electrons. The van der Waals surface area contributed by atoms with Crippen molar-refractivity contribution in [2.45, 2.75) is 6.42 Å². The van der Waals surface area contributed by atoms with Gasteiger partial charge in [0.2, 0.25) is 0 Å². The van der Waals surface area contributed by atoms with Crippen molar-refractivity contribution in [3.05, 3.63) is 28.4 Å². The van der Waals surface area contributed by atoms with E-state index in [2.05, 4.69) is 10.3 Å². The number of hydrogen-bond acceptors (Lipinski definition) is 6. The molecule has 0 aromatic carbocycles. The van der Waals surface area contributed by atoms with Crippen LogP contribution in [0, 0.1) is 10.1 Å². The molecule has 1 heterocycles. The molecule has 0 unspecified atom stereocenters. The third kappa shape index (κ3) is 5.23. The van der Waals surface area contributed by atoms with E-state index in [0.29, 0.717) is 25.6 Å². The molecule has 0 aliphatic rings. The van der Waals surface area contributed by atoms with Crippen molar-refractivity contribution in [1.82, 2.24) is 4.98 Å². The molecule has 0 aliphatic carbocycles. The minimum atomic E-state index is -0.461. The van der Waals surface area contributed by atoms with Crippen molar-refractivity contribution in [1.29, 1.82) is 0 Å². The van der Waals surface area contributed by atoms with E-state index in [1.807, 2.05) is 0 Å². The zero-order valence-electron chi connectivity index (χ0n) is 9.33. The number of aliphatic hydroxyl groups excluding tert-OH is 1. The van der Waals surface area contributed by atoms with Crippen molar-refractivity contribution < 1.29 is 14.8 Å². The van der Waals surface area contributed by atoms with Gasteiger partial charge in [-0.25, -0.2) is 4.98 Å². The van der Waals surface area contributed by atoms with Crippen LogP contribution in [0.1, 0.15) is 6.42 Å². The van der Waals surface area contributed by atoms with Crippen LogP contribution in [0.15, 0.2) is 18.3 Å². The normalized spacial score (nSPS) is 10.2. The van der Waals surface area contributed by atoms with Crippen molar-refractivity contribution in [2.24, 2.45) is 0 Å². The van der Waals surface area contributed by atoms with E-state index >= 15 is 0 Å². The lowest BCUT2D eigenvalue weighted by atomic mass is 10.4. The predicted octanol–water partition coefficient (Wildman–Crippen LogP) is 0.801. The average molecular weight is 241 g/mol. The van der Waals surface area contributed by atoms with E-state index in [0.717, 1.165) is 6.42 Å². The molecule has 0 aliphatic heterocycles. The zero-order chi connectivity index (χ0) is 12.5. The molecule has 0 fully saturated rings. The summed E-state index contributed by atoms with van der Waals surface area (Å²) in [4.78, 5) is 14.0. The summed E-state index contributed by atoms with van der Waals surface area (Å²) < 4.78 is 5.06. The topological polar surface area (TPSA) is 97.5 Å². The Morgan fingerprint density at radius 1 is 1.53 bits per heavy atom. The Balaban J connectivity index is 2.27. The number of hydrogen-bond donors (Lipinski definition) is 2. The van der Waals surface area contributed by atoms with Gasteiger partial charge in [0.25, 0.3) is 5.69 Å². The zero-order valence-corrected chi connectivity index (χ0v) is 9.33. The van der Waals surface area contributed by atoms with Crippen LogP contribution in [0.2, 0.25) is 0 Å². The third-order valence-corrected chi connectivity index (χ3v) is 1.96. The molecule has 94 valence electrons. The SMILES string of the molecule is O=[N+]([O-])c1ccnc(NCCCOCCO)c1. The summed E-state index contributed by atoms with van der Waals surface area (Å²) in [5.41, 5.74) is 0.0130. The first-order valence-electron chi connectivity index (χ1n) is 5.27. The molecule has 0 saturated heterocycles. The predicted molar refractivity (Wildman–Crippen MR) is 61.9 cm³/mol. The van der Waals surface area contributed by atoms with Gasteiger partial charge in [-0.1, -0.05) is 0 Å². The summed E-state index contributed by atoms with van der Waals surface area (Å²) in [6.07, 6.45) is 2.13. The number of pyridine rings is 1. The lowest BCUT2D eigenvalue weighted by molar-refractivity contribution is -0.384. The number of aliphatic hydroxyl groups is 1. The van der Waals surface area contributed by atoms with Crippen molar-refractivity contribution >= 4 is 11.5 Å². The molecule has 2 N–H and O–H groups in total. The number of nitrogens with one attached hydrogen (secondary N) is 1. The molecule has 0 atom stereocenters. The van der Waals surface area contributed by atoms with Crippen molar-refractivity contribution in [2.75, 3.05) is 31.7 Å². The molecule has 7 heteroatoms. The highest BCUT2D eigenvalue weighted by Gasteiger charge is 2.05. The second-order valence-corrected chi connectivity index (χ2v) is 3.27. The number of nitro groups is 1. The molecule has 1 aromatic heterocycles. The Kier molecular flexibility index (Phi) is 5.91. The third-order valence-electron chi connectivity index (χ3n) is 1.96. The maximum Gasteiger partial charge on any atom is 0.274 e. The maximum absolute atomic E-state index is 10.5. The lowest BCUT2D eigenvalue weighted by Crippen LogP contribution is -2.08. The van der Waals surface area contributed by atoms with Crippen LogP contribution in [0.5, 0.6) is 0 Å². The minimum Gasteiger partial charge on any atom is -0.394 e. The van der Waals surface area contributed by atoms with Gasteiger partial charge >= 0.3 is 0 Å². The number of ether oxygens (including phenoxy) is 1. The van der Waals surface area contributed by atoms with E-state index in [-0.39, 0.29) is 12.3 Å². The van der Waals surface area contributed by atoms with Crippen LogP contribution >= 0.6 is 0 Å². The monoisotopic (exact) mass is 241 g/mol. The molecule has 1 aromatic rings. The molecule has 1 rings (SSSR count). The van der Waals surface area contributed by atoms with E-state index in [1.165, 1.54) is 18.3 Å². The molecule has 0 bridgehead atoms. The number of anilines is 1. The van der Waals surface area contributed by atoms with Gasteiger partial charge in [0.15, 0.2) is 0 Å². The molecule has 0 amide bonds. The van der Waals surface area contributed by atoms with Gasteiger partial charge in [0.05, 0.1) is 24.2 Å². The first-order valence-corrected chi connectivity index (χ1v) is 5.27. The van der Waals surface area contributed by atoms with Gasteiger partial charge in [-0.15, -0.1) is 0 Å². The molecule has 7 nitrogen and oxygen atoms in total. The molecule has 17 heavy (non-hydrogen) atoms. The van der Waals surface area contributed by atoms with Crippen LogP contribution in [0.3, 0.4) is 0 Å². The fraction of sp³-hybridized carbons (Fsp3) is 0.500. The number of nitrogens with zero attached hydrogens (tertiary/aromatic N) is 2. The van der Waals surface area contributed by atoms with Crippen LogP contribution in [-0.4, -0.2) is 41.4 Å². The summed E-state index contributed by atoms with van der Waals surface area (Å²) in [6, 6.07) is 2.73. The Labute approximate surface area is 98.6 Å². The fourth-order valence-electron chi connectivity index (χ4n) is 1.19. The van der Waals surface area contributed by atoms with E-state index in [4.69, 9.17) is 9.84 Å². The van der Waals surface area contributed by atoms with Gasteiger partial charge in [-0.2, -0.15) is 0 Å². The molecule has 0 saturated carbocycles. The summed E-state index contributed by atoms with van der Waals surface area (Å²) in [6.45, 7) is 1.48. The van der Waals surface area contributed by atoms with Crippen LogP contribution in [0.25, 0.3) is 0 Å². The van der Waals surface area contributed by atoms with Gasteiger partial charge in [0.1, 0.15) is 5.82 Å². The highest BCUT2D eigenvalue weighted by Crippen LogP contribution is 2.13. The van der Waals surface area contributed by atoms with E-state index < -0.39 is 4.92 Å². The summed E-state index contributed by atoms with van der Waals surface area (Å²) in [7, 11) is 0. The fourth-order valence-corrected chi connectivity index (χ4v) is 1.19. The Morgan fingerprint density at radius 2 is 2.35 bits per heavy atom. The van der Waals surface area contributed by atoms with Gasteiger partial charge < -0.3 is 15.2 Å². The van der Waals surface area contributed by atoms with Crippen molar-refractivity contribution in [3.63, 3.8) is 0 Å². The van der Waals surface area contributed by atoms with Crippen molar-refractivity contribution in [3.8, 4) is 0 Å². The summed E-state index contributed by atoms with van der Waals surface area (Å²) in [5, 5.41) is 21.9. The largest absolute Gasteiger partial charge is 0.394 e. The van der Waals surface area contributed by atoms with Crippen LogP contribution in [0.4, 0.5) is 11.5 Å². The quantitative estimate of drug-likeness (QED) is 0.397. The van der Waals surface area contributed by atoms with Gasteiger partial charge in [-0.3, -0.25) is 10.1 Å². The molecular formula is C10H15N3O4. The van der Waals surface area contributed by atoms with E-state index in [1.54, 1.807) is 0 Å². The standard InChI is InChI=1S/C10H15N3O4/c14-5-7-17-6-1-3-11-10-8-9(13(15)16)2-4-12-10/h2,4,8,14H,1,3,5-7H2,(H,11,12). The first kappa shape index (κ1) is 13.3. The highest BCUT2D eigenvalue weighted by molar-refractivity contribution is 5.43. The first-order chi connectivity index (χ1) is 8.24. The highest BCUT2D eigenvalue weighted by atomic mass is 16.6. The molecule has 0 spiro atoms. The van der Waals surface area contributed by atoms with Gasteiger partial charge in [0, 0.05) is 25.4 Å². The maximum atomic E-state index is 10.5. The molecular weight excluding hydrogens is 226 g/mol. The summed E-state index contributed by atoms with van der Waals surface area (Å²) >= 11 is 0. The van der Waals surface area contributed by atoms with Gasteiger partial charge in [-0.05, 0) is 6.42 Å². The second kappa shape index (κ2) is 7.53. The van der Waals surface area contributed by atoms with Crippen LogP contribution < -0.4 is 5.32 Å². The Hall–Kier alpha value is -1.73.